The van der Waals surface area contributed by atoms with Crippen LogP contribution >= 0.6 is 11.6 Å². The molecule has 0 fully saturated rings. The maximum atomic E-state index is 13.9. The van der Waals surface area contributed by atoms with Crippen molar-refractivity contribution in [2.45, 2.75) is 18.7 Å². The summed E-state index contributed by atoms with van der Waals surface area (Å²) in [6, 6.07) is 1.72. The minimum absolute atomic E-state index is 0.0287. The van der Waals surface area contributed by atoms with Crippen molar-refractivity contribution in [1.29, 1.82) is 0 Å². The number of aromatic carboxylic acids is 1. The van der Waals surface area contributed by atoms with Gasteiger partial charge in [0.05, 0.1) is 5.56 Å². The Morgan fingerprint density at radius 2 is 2.05 bits per heavy atom. The molecule has 8 heteroatoms. The Kier molecular flexibility index (Phi) is 5.27. The van der Waals surface area contributed by atoms with E-state index in [-0.39, 0.29) is 11.6 Å². The number of benzene rings is 1. The molecule has 0 aliphatic carbocycles. The summed E-state index contributed by atoms with van der Waals surface area (Å²) >= 11 is 5.62. The summed E-state index contributed by atoms with van der Waals surface area (Å²) < 4.78 is 39.9. The van der Waals surface area contributed by atoms with E-state index in [1.165, 1.54) is 0 Å². The van der Waals surface area contributed by atoms with Crippen molar-refractivity contribution < 1.29 is 22.7 Å². The SMILES string of the molecule is CC(C)=CCNS(=O)(=O)c1cc(Cl)cc(C(=O)O)c1F. The number of hydrogen-bond acceptors (Lipinski definition) is 3. The van der Waals surface area contributed by atoms with Crippen molar-refractivity contribution in [3.8, 4) is 0 Å². The van der Waals surface area contributed by atoms with Crippen LogP contribution in [0, 0.1) is 5.82 Å². The van der Waals surface area contributed by atoms with Crippen LogP contribution in [0.1, 0.15) is 24.2 Å². The van der Waals surface area contributed by atoms with Gasteiger partial charge in [0.15, 0.2) is 5.82 Å². The summed E-state index contributed by atoms with van der Waals surface area (Å²) in [4.78, 5) is 10.0. The highest BCUT2D eigenvalue weighted by atomic mass is 35.5. The lowest BCUT2D eigenvalue weighted by molar-refractivity contribution is 0.0691. The second kappa shape index (κ2) is 6.34. The third kappa shape index (κ3) is 4.03. The largest absolute Gasteiger partial charge is 0.478 e. The summed E-state index contributed by atoms with van der Waals surface area (Å²) in [6.07, 6.45) is 1.60. The number of rotatable bonds is 5. The van der Waals surface area contributed by atoms with Gasteiger partial charge >= 0.3 is 5.97 Å². The highest BCUT2D eigenvalue weighted by Crippen LogP contribution is 2.23. The molecule has 0 aromatic heterocycles. The first-order valence-electron chi connectivity index (χ1n) is 5.50. The Morgan fingerprint density at radius 3 is 2.55 bits per heavy atom. The van der Waals surface area contributed by atoms with Crippen LogP contribution in [0.15, 0.2) is 28.7 Å². The number of allylic oxidation sites excluding steroid dienone is 1. The number of carboxylic acid groups (broad SMARTS) is 1. The van der Waals surface area contributed by atoms with E-state index in [1.807, 2.05) is 0 Å². The van der Waals surface area contributed by atoms with Crippen LogP contribution in [0.2, 0.25) is 5.02 Å². The molecule has 1 rings (SSSR count). The maximum Gasteiger partial charge on any atom is 0.338 e. The maximum absolute atomic E-state index is 13.9. The van der Waals surface area contributed by atoms with Crippen molar-refractivity contribution in [2.75, 3.05) is 6.54 Å². The Morgan fingerprint density at radius 1 is 1.45 bits per heavy atom. The fourth-order valence-corrected chi connectivity index (χ4v) is 2.72. The van der Waals surface area contributed by atoms with Crippen molar-refractivity contribution in [3.05, 3.63) is 40.2 Å². The molecular formula is C12H13ClFNO4S. The first-order chi connectivity index (χ1) is 9.15. The van der Waals surface area contributed by atoms with E-state index in [2.05, 4.69) is 4.72 Å². The molecule has 0 saturated carbocycles. The molecule has 0 saturated heterocycles. The van der Waals surface area contributed by atoms with Crippen molar-refractivity contribution in [2.24, 2.45) is 0 Å². The molecule has 0 aliphatic rings. The van der Waals surface area contributed by atoms with E-state index < -0.39 is 32.3 Å². The number of sulfonamides is 1. The van der Waals surface area contributed by atoms with Gasteiger partial charge in [0.2, 0.25) is 10.0 Å². The van der Waals surface area contributed by atoms with Gasteiger partial charge in [-0.1, -0.05) is 23.3 Å². The summed E-state index contributed by atoms with van der Waals surface area (Å²) in [7, 11) is -4.18. The normalized spacial score (nSPS) is 11.2. The van der Waals surface area contributed by atoms with Crippen LogP contribution in [0.4, 0.5) is 4.39 Å². The van der Waals surface area contributed by atoms with E-state index in [1.54, 1.807) is 19.9 Å². The predicted octanol–water partition coefficient (Wildman–Crippen LogP) is 2.42. The highest BCUT2D eigenvalue weighted by molar-refractivity contribution is 7.89. The average Bonchev–Trinajstić information content (AvgIpc) is 2.30. The van der Waals surface area contributed by atoms with Gasteiger partial charge in [0.25, 0.3) is 0 Å². The first kappa shape index (κ1) is 16.6. The zero-order valence-corrected chi connectivity index (χ0v) is 12.3. The van der Waals surface area contributed by atoms with Gasteiger partial charge in [-0.3, -0.25) is 0 Å². The third-order valence-electron chi connectivity index (χ3n) is 2.31. The smallest absolute Gasteiger partial charge is 0.338 e. The summed E-state index contributed by atoms with van der Waals surface area (Å²) in [5.74, 6) is -2.93. The lowest BCUT2D eigenvalue weighted by atomic mass is 10.2. The standard InChI is InChI=1S/C12H13ClFNO4S/c1-7(2)3-4-15-20(18,19)10-6-8(13)5-9(11(10)14)12(16)17/h3,5-6,15H,4H2,1-2H3,(H,16,17). The quantitative estimate of drug-likeness (QED) is 0.816. The topological polar surface area (TPSA) is 83.5 Å². The van der Waals surface area contributed by atoms with Crippen molar-refractivity contribution in [3.63, 3.8) is 0 Å². The van der Waals surface area contributed by atoms with Crippen LogP contribution < -0.4 is 4.72 Å². The Labute approximate surface area is 121 Å². The minimum Gasteiger partial charge on any atom is -0.478 e. The molecule has 1 aromatic rings. The number of carboxylic acids is 1. The molecule has 5 nitrogen and oxygen atoms in total. The molecule has 0 unspecified atom stereocenters. The second-order valence-electron chi connectivity index (χ2n) is 4.20. The van der Waals surface area contributed by atoms with Crippen molar-refractivity contribution >= 4 is 27.6 Å². The van der Waals surface area contributed by atoms with Gasteiger partial charge in [-0.15, -0.1) is 0 Å². The molecule has 20 heavy (non-hydrogen) atoms. The van der Waals surface area contributed by atoms with E-state index in [9.17, 15) is 17.6 Å². The fraction of sp³-hybridized carbons (Fsp3) is 0.250. The molecule has 0 aliphatic heterocycles. The van der Waals surface area contributed by atoms with E-state index in [0.717, 1.165) is 17.7 Å². The summed E-state index contributed by atoms with van der Waals surface area (Å²) in [6.45, 7) is 3.52. The Bertz CT molecular complexity index is 666. The van der Waals surface area contributed by atoms with Crippen LogP contribution in [0.5, 0.6) is 0 Å². The van der Waals surface area contributed by atoms with Gasteiger partial charge < -0.3 is 5.11 Å². The van der Waals surface area contributed by atoms with Gasteiger partial charge in [-0.05, 0) is 26.0 Å². The third-order valence-corrected chi connectivity index (χ3v) is 3.95. The minimum atomic E-state index is -4.18. The molecule has 0 radical (unpaired) electrons. The molecule has 0 amide bonds. The van der Waals surface area contributed by atoms with E-state index >= 15 is 0 Å². The van der Waals surface area contributed by atoms with Gasteiger partial charge in [-0.25, -0.2) is 22.3 Å². The van der Waals surface area contributed by atoms with Crippen molar-refractivity contribution in [1.82, 2.24) is 4.72 Å². The summed E-state index contributed by atoms with van der Waals surface area (Å²) in [5.41, 5.74) is 0.0885. The summed E-state index contributed by atoms with van der Waals surface area (Å²) in [5, 5.41) is 8.63. The number of nitrogens with one attached hydrogen (secondary N) is 1. The van der Waals surface area contributed by atoms with Crippen LogP contribution in [0.3, 0.4) is 0 Å². The molecule has 0 bridgehead atoms. The first-order valence-corrected chi connectivity index (χ1v) is 7.36. The van der Waals surface area contributed by atoms with Gasteiger partial charge in [0.1, 0.15) is 4.90 Å². The molecule has 1 aromatic carbocycles. The zero-order valence-electron chi connectivity index (χ0n) is 10.8. The molecule has 2 N–H and O–H groups in total. The van der Waals surface area contributed by atoms with E-state index in [0.29, 0.717) is 0 Å². The Balaban J connectivity index is 3.25. The zero-order chi connectivity index (χ0) is 15.5. The Hall–Kier alpha value is -1.44. The molecular weight excluding hydrogens is 309 g/mol. The molecule has 0 spiro atoms. The van der Waals surface area contributed by atoms with Crippen LogP contribution in [-0.4, -0.2) is 26.0 Å². The lowest BCUT2D eigenvalue weighted by Crippen LogP contribution is -2.25. The molecule has 0 atom stereocenters. The predicted molar refractivity (Wildman–Crippen MR) is 73.0 cm³/mol. The average molecular weight is 322 g/mol. The monoisotopic (exact) mass is 321 g/mol. The van der Waals surface area contributed by atoms with Gasteiger partial charge in [-0.2, -0.15) is 0 Å². The van der Waals surface area contributed by atoms with Gasteiger partial charge in [0, 0.05) is 11.6 Å². The molecule has 0 heterocycles. The molecule has 110 valence electrons. The number of halogens is 2. The number of hydrogen-bond donors (Lipinski definition) is 2. The second-order valence-corrected chi connectivity index (χ2v) is 6.38. The highest BCUT2D eigenvalue weighted by Gasteiger charge is 2.24. The van der Waals surface area contributed by atoms with Crippen LogP contribution in [-0.2, 0) is 10.0 Å². The van der Waals surface area contributed by atoms with E-state index in [4.69, 9.17) is 16.7 Å². The van der Waals surface area contributed by atoms with Crippen LogP contribution in [0.25, 0.3) is 0 Å². The lowest BCUT2D eigenvalue weighted by Gasteiger charge is -2.08. The number of carbonyl (C=O) groups is 1. The fourth-order valence-electron chi connectivity index (χ4n) is 1.35.